The minimum Gasteiger partial charge on any atom is -0.496 e. The maximum atomic E-state index is 6.12. The van der Waals surface area contributed by atoms with Crippen LogP contribution in [0.4, 0.5) is 0 Å². The molecule has 0 aliphatic heterocycles. The summed E-state index contributed by atoms with van der Waals surface area (Å²) in [6.07, 6.45) is 1.91. The second-order valence-corrected chi connectivity index (χ2v) is 4.29. The van der Waals surface area contributed by atoms with Crippen LogP contribution < -0.4 is 4.74 Å². The Hall–Kier alpha value is -2.00. The van der Waals surface area contributed by atoms with Gasteiger partial charge in [0.15, 0.2) is 0 Å². The van der Waals surface area contributed by atoms with E-state index in [-0.39, 0.29) is 0 Å². The second-order valence-electron chi connectivity index (χ2n) is 3.90. The van der Waals surface area contributed by atoms with Gasteiger partial charge >= 0.3 is 0 Å². The first-order chi connectivity index (χ1) is 8.79. The van der Waals surface area contributed by atoms with Crippen LogP contribution in [-0.4, -0.2) is 16.5 Å². The maximum absolute atomic E-state index is 6.12. The monoisotopic (exact) mass is 258 g/mol. The van der Waals surface area contributed by atoms with Crippen LogP contribution in [0.1, 0.15) is 0 Å². The number of halogens is 1. The summed E-state index contributed by atoms with van der Waals surface area (Å²) in [5, 5.41) is 0.640. The molecule has 1 aromatic carbocycles. The first-order valence-electron chi connectivity index (χ1n) is 5.56. The zero-order valence-corrected chi connectivity index (χ0v) is 10.6. The van der Waals surface area contributed by atoms with E-state index in [9.17, 15) is 0 Å². The van der Waals surface area contributed by atoms with Crippen molar-refractivity contribution in [1.29, 1.82) is 0 Å². The lowest BCUT2D eigenvalue weighted by Crippen LogP contribution is -1.86. The number of nitrogens with zero attached hydrogens (tertiary/aromatic N) is 2. The first-order valence-corrected chi connectivity index (χ1v) is 5.94. The minimum absolute atomic E-state index is 0.640. The van der Waals surface area contributed by atoms with Gasteiger partial charge in [0.05, 0.1) is 12.8 Å². The third kappa shape index (κ3) is 1.73. The molecule has 90 valence electrons. The van der Waals surface area contributed by atoms with Crippen molar-refractivity contribution in [2.75, 3.05) is 7.11 Å². The van der Waals surface area contributed by atoms with Crippen molar-refractivity contribution in [2.24, 2.45) is 0 Å². The van der Waals surface area contributed by atoms with Crippen molar-refractivity contribution in [2.45, 2.75) is 0 Å². The van der Waals surface area contributed by atoms with E-state index in [4.69, 9.17) is 16.3 Å². The fourth-order valence-electron chi connectivity index (χ4n) is 1.96. The van der Waals surface area contributed by atoms with E-state index in [2.05, 4.69) is 4.98 Å². The number of imidazole rings is 1. The maximum Gasteiger partial charge on any atom is 0.138 e. The first kappa shape index (κ1) is 11.1. The van der Waals surface area contributed by atoms with E-state index >= 15 is 0 Å². The summed E-state index contributed by atoms with van der Waals surface area (Å²) >= 11 is 6.12. The van der Waals surface area contributed by atoms with E-state index in [1.54, 1.807) is 7.11 Å². The largest absolute Gasteiger partial charge is 0.496 e. The van der Waals surface area contributed by atoms with E-state index in [1.165, 1.54) is 0 Å². The molecule has 0 saturated carbocycles. The topological polar surface area (TPSA) is 26.5 Å². The number of methoxy groups -OCH3 is 1. The average Bonchev–Trinajstić information content (AvgIpc) is 2.84. The van der Waals surface area contributed by atoms with E-state index in [1.807, 2.05) is 53.1 Å². The van der Waals surface area contributed by atoms with Gasteiger partial charge in [-0.15, -0.1) is 0 Å². The molecule has 0 aliphatic rings. The normalized spacial score (nSPS) is 10.8. The molecule has 0 amide bonds. The highest BCUT2D eigenvalue weighted by molar-refractivity contribution is 6.29. The molecule has 3 aromatic rings. The summed E-state index contributed by atoms with van der Waals surface area (Å²) in [5.74, 6) is 0.803. The Morgan fingerprint density at radius 3 is 2.72 bits per heavy atom. The van der Waals surface area contributed by atoms with Gasteiger partial charge in [0.1, 0.15) is 16.5 Å². The predicted molar refractivity (Wildman–Crippen MR) is 72.2 cm³/mol. The third-order valence-electron chi connectivity index (χ3n) is 2.83. The molecule has 2 heterocycles. The van der Waals surface area contributed by atoms with Gasteiger partial charge in [0.2, 0.25) is 0 Å². The van der Waals surface area contributed by atoms with Gasteiger partial charge in [0.25, 0.3) is 0 Å². The van der Waals surface area contributed by atoms with Crippen LogP contribution in [0.5, 0.6) is 5.75 Å². The van der Waals surface area contributed by atoms with Crippen molar-refractivity contribution in [3.63, 3.8) is 0 Å². The number of ether oxygens (including phenoxy) is 1. The highest BCUT2D eigenvalue weighted by Crippen LogP contribution is 2.29. The van der Waals surface area contributed by atoms with Crippen LogP contribution in [0.3, 0.4) is 0 Å². The number of hydrogen-bond donors (Lipinski definition) is 0. The van der Waals surface area contributed by atoms with Crippen molar-refractivity contribution >= 4 is 17.2 Å². The van der Waals surface area contributed by atoms with Crippen LogP contribution in [0, 0.1) is 0 Å². The molecular formula is C14H11ClN2O. The molecule has 0 atom stereocenters. The molecule has 0 saturated heterocycles. The molecule has 0 spiro atoms. The van der Waals surface area contributed by atoms with Crippen LogP contribution >= 0.6 is 11.6 Å². The molecule has 0 unspecified atom stereocenters. The van der Waals surface area contributed by atoms with Crippen LogP contribution in [0.2, 0.25) is 5.15 Å². The summed E-state index contributed by atoms with van der Waals surface area (Å²) in [4.78, 5) is 4.55. The standard InChI is InChI=1S/C14H11ClN2O/c1-18-12-6-3-2-5-10(12)11-9-17-13(15)7-4-8-14(17)16-11/h2-9H,1H3. The van der Waals surface area contributed by atoms with Gasteiger partial charge in [-0.1, -0.05) is 29.8 Å². The number of pyridine rings is 1. The molecule has 3 rings (SSSR count). The fraction of sp³-hybridized carbons (Fsp3) is 0.0714. The SMILES string of the molecule is COc1ccccc1-c1cn2c(Cl)cccc2n1. The van der Waals surface area contributed by atoms with Gasteiger partial charge in [-0.2, -0.15) is 0 Å². The van der Waals surface area contributed by atoms with Gasteiger partial charge in [-0.05, 0) is 24.3 Å². The highest BCUT2D eigenvalue weighted by atomic mass is 35.5. The molecule has 0 aliphatic carbocycles. The lowest BCUT2D eigenvalue weighted by molar-refractivity contribution is 0.416. The minimum atomic E-state index is 0.640. The predicted octanol–water partition coefficient (Wildman–Crippen LogP) is 3.66. The van der Waals surface area contributed by atoms with E-state index in [0.29, 0.717) is 5.15 Å². The lowest BCUT2D eigenvalue weighted by Gasteiger charge is -2.04. The fourth-order valence-corrected chi connectivity index (χ4v) is 2.17. The van der Waals surface area contributed by atoms with Crippen molar-refractivity contribution in [3.8, 4) is 17.0 Å². The molecule has 2 aromatic heterocycles. The highest BCUT2D eigenvalue weighted by Gasteiger charge is 2.10. The van der Waals surface area contributed by atoms with Crippen molar-refractivity contribution in [3.05, 3.63) is 53.8 Å². The Labute approximate surface area is 110 Å². The zero-order chi connectivity index (χ0) is 12.5. The smallest absolute Gasteiger partial charge is 0.138 e. The summed E-state index contributed by atoms with van der Waals surface area (Å²) in [7, 11) is 1.65. The number of rotatable bonds is 2. The average molecular weight is 259 g/mol. The Balaban J connectivity index is 2.23. The van der Waals surface area contributed by atoms with Gasteiger partial charge in [-0.3, -0.25) is 4.40 Å². The summed E-state index contributed by atoms with van der Waals surface area (Å²) < 4.78 is 7.19. The molecule has 0 fully saturated rings. The molecular weight excluding hydrogens is 248 g/mol. The number of aromatic nitrogens is 2. The number of benzene rings is 1. The molecule has 18 heavy (non-hydrogen) atoms. The summed E-state index contributed by atoms with van der Waals surface area (Å²) in [5.41, 5.74) is 2.63. The Morgan fingerprint density at radius 2 is 1.94 bits per heavy atom. The van der Waals surface area contributed by atoms with Crippen molar-refractivity contribution in [1.82, 2.24) is 9.38 Å². The Bertz CT molecular complexity index is 706. The van der Waals surface area contributed by atoms with Crippen LogP contribution in [0.25, 0.3) is 16.9 Å². The molecule has 3 nitrogen and oxygen atoms in total. The quantitative estimate of drug-likeness (QED) is 0.656. The number of para-hydroxylation sites is 1. The summed E-state index contributed by atoms with van der Waals surface area (Å²) in [6, 6.07) is 13.4. The van der Waals surface area contributed by atoms with Crippen molar-refractivity contribution < 1.29 is 4.74 Å². The Kier molecular flexibility index (Phi) is 2.68. The van der Waals surface area contributed by atoms with E-state index < -0.39 is 0 Å². The molecule has 0 N–H and O–H groups in total. The number of hydrogen-bond acceptors (Lipinski definition) is 2. The number of fused-ring (bicyclic) bond motifs is 1. The lowest BCUT2D eigenvalue weighted by atomic mass is 10.1. The van der Waals surface area contributed by atoms with Crippen LogP contribution in [-0.2, 0) is 0 Å². The zero-order valence-electron chi connectivity index (χ0n) is 9.80. The molecule has 0 bridgehead atoms. The summed E-state index contributed by atoms with van der Waals surface area (Å²) in [6.45, 7) is 0. The molecule has 0 radical (unpaired) electrons. The Morgan fingerprint density at radius 1 is 1.11 bits per heavy atom. The van der Waals surface area contributed by atoms with E-state index in [0.717, 1.165) is 22.7 Å². The second kappa shape index (κ2) is 4.35. The van der Waals surface area contributed by atoms with Gasteiger partial charge < -0.3 is 4.74 Å². The van der Waals surface area contributed by atoms with Gasteiger partial charge in [0, 0.05) is 11.8 Å². The third-order valence-corrected chi connectivity index (χ3v) is 3.13. The molecule has 4 heteroatoms. The van der Waals surface area contributed by atoms with Gasteiger partial charge in [-0.25, -0.2) is 4.98 Å². The van der Waals surface area contributed by atoms with Crippen LogP contribution in [0.15, 0.2) is 48.7 Å².